The summed E-state index contributed by atoms with van der Waals surface area (Å²) in [6.45, 7) is 0. The Labute approximate surface area is 102 Å². The number of rotatable bonds is 2. The predicted octanol–water partition coefficient (Wildman–Crippen LogP) is 1.90. The van der Waals surface area contributed by atoms with Gasteiger partial charge in [0.15, 0.2) is 0 Å². The van der Waals surface area contributed by atoms with E-state index in [0.29, 0.717) is 6.04 Å². The van der Waals surface area contributed by atoms with Crippen LogP contribution in [0.25, 0.3) is 0 Å². The number of aromatic nitrogens is 2. The monoisotopic (exact) mass is 232 g/mol. The molecule has 2 atom stereocenters. The molecule has 17 heavy (non-hydrogen) atoms. The molecule has 0 radical (unpaired) electrons. The van der Waals surface area contributed by atoms with E-state index in [1.807, 2.05) is 6.07 Å². The highest BCUT2D eigenvalue weighted by atomic mass is 15.2. The van der Waals surface area contributed by atoms with Crippen LogP contribution in [0.4, 0.5) is 5.95 Å². The topological polar surface area (TPSA) is 41.0 Å². The molecule has 2 fully saturated rings. The summed E-state index contributed by atoms with van der Waals surface area (Å²) in [4.78, 5) is 11.1. The highest BCUT2D eigenvalue weighted by molar-refractivity contribution is 5.25. The molecule has 1 aromatic heterocycles. The summed E-state index contributed by atoms with van der Waals surface area (Å²) in [7, 11) is 2.28. The molecule has 3 heterocycles. The van der Waals surface area contributed by atoms with Crippen LogP contribution in [0.2, 0.25) is 0 Å². The van der Waals surface area contributed by atoms with Crippen molar-refractivity contribution < 1.29 is 0 Å². The van der Waals surface area contributed by atoms with Crippen LogP contribution >= 0.6 is 0 Å². The SMILES string of the molecule is CN1C2CCCC1CC(Nc1ncccn1)C2. The maximum absolute atomic E-state index is 4.25. The average Bonchev–Trinajstić information content (AvgIpc) is 2.32. The number of fused-ring (bicyclic) bond motifs is 2. The van der Waals surface area contributed by atoms with E-state index >= 15 is 0 Å². The molecule has 3 rings (SSSR count). The van der Waals surface area contributed by atoms with Crippen LogP contribution in [0, 0.1) is 0 Å². The number of anilines is 1. The highest BCUT2D eigenvalue weighted by Gasteiger charge is 2.35. The highest BCUT2D eigenvalue weighted by Crippen LogP contribution is 2.33. The minimum absolute atomic E-state index is 0.545. The molecule has 4 nitrogen and oxygen atoms in total. The quantitative estimate of drug-likeness (QED) is 0.845. The molecule has 0 amide bonds. The zero-order valence-electron chi connectivity index (χ0n) is 10.3. The maximum Gasteiger partial charge on any atom is 0.222 e. The molecule has 0 saturated carbocycles. The molecule has 0 aliphatic carbocycles. The van der Waals surface area contributed by atoms with Gasteiger partial charge in [-0.1, -0.05) is 6.42 Å². The minimum atomic E-state index is 0.545. The zero-order chi connectivity index (χ0) is 11.7. The Balaban J connectivity index is 1.66. The van der Waals surface area contributed by atoms with E-state index in [9.17, 15) is 0 Å². The van der Waals surface area contributed by atoms with Gasteiger partial charge in [-0.3, -0.25) is 0 Å². The second-order valence-corrected chi connectivity index (χ2v) is 5.29. The fraction of sp³-hybridized carbons (Fsp3) is 0.692. The minimum Gasteiger partial charge on any atom is -0.351 e. The zero-order valence-corrected chi connectivity index (χ0v) is 10.3. The first kappa shape index (κ1) is 11.0. The molecule has 2 bridgehead atoms. The third kappa shape index (κ3) is 2.27. The van der Waals surface area contributed by atoms with E-state index < -0.39 is 0 Å². The van der Waals surface area contributed by atoms with Crippen molar-refractivity contribution >= 4 is 5.95 Å². The fourth-order valence-electron chi connectivity index (χ4n) is 3.29. The summed E-state index contributed by atoms with van der Waals surface area (Å²) in [5, 5.41) is 3.48. The lowest BCUT2D eigenvalue weighted by Gasteiger charge is -2.47. The molecule has 2 saturated heterocycles. The molecule has 1 aromatic rings. The van der Waals surface area contributed by atoms with Crippen LogP contribution in [0.3, 0.4) is 0 Å². The van der Waals surface area contributed by atoms with Gasteiger partial charge in [0.05, 0.1) is 0 Å². The predicted molar refractivity (Wildman–Crippen MR) is 67.9 cm³/mol. The standard InChI is InChI=1S/C13H20N4/c1-17-11-4-2-5-12(17)9-10(8-11)16-13-14-6-3-7-15-13/h3,6-7,10-12H,2,4-5,8-9H2,1H3,(H,14,15,16). The van der Waals surface area contributed by atoms with E-state index in [0.717, 1.165) is 18.0 Å². The van der Waals surface area contributed by atoms with Crippen molar-refractivity contribution in [3.63, 3.8) is 0 Å². The second-order valence-electron chi connectivity index (χ2n) is 5.29. The molecule has 2 unspecified atom stereocenters. The van der Waals surface area contributed by atoms with E-state index in [1.165, 1.54) is 32.1 Å². The Kier molecular flexibility index (Phi) is 2.97. The Morgan fingerprint density at radius 2 is 1.82 bits per heavy atom. The number of piperidine rings is 2. The molecular weight excluding hydrogens is 212 g/mol. The van der Waals surface area contributed by atoms with Crippen molar-refractivity contribution in [2.75, 3.05) is 12.4 Å². The van der Waals surface area contributed by atoms with Gasteiger partial charge in [-0.2, -0.15) is 0 Å². The van der Waals surface area contributed by atoms with Gasteiger partial charge in [-0.05, 0) is 38.8 Å². The number of nitrogens with one attached hydrogen (secondary N) is 1. The molecule has 4 heteroatoms. The summed E-state index contributed by atoms with van der Waals surface area (Å²) >= 11 is 0. The molecular formula is C13H20N4. The Morgan fingerprint density at radius 1 is 1.18 bits per heavy atom. The first-order valence-corrected chi connectivity index (χ1v) is 6.58. The van der Waals surface area contributed by atoms with Gasteiger partial charge >= 0.3 is 0 Å². The molecule has 0 spiro atoms. The summed E-state index contributed by atoms with van der Waals surface area (Å²) < 4.78 is 0. The van der Waals surface area contributed by atoms with Crippen molar-refractivity contribution in [3.8, 4) is 0 Å². The lowest BCUT2D eigenvalue weighted by Crippen LogP contribution is -2.52. The van der Waals surface area contributed by atoms with Crippen LogP contribution in [0.15, 0.2) is 18.5 Å². The van der Waals surface area contributed by atoms with Gasteiger partial charge in [0.25, 0.3) is 0 Å². The van der Waals surface area contributed by atoms with Crippen molar-refractivity contribution in [2.45, 2.75) is 50.2 Å². The number of hydrogen-bond donors (Lipinski definition) is 1. The smallest absolute Gasteiger partial charge is 0.222 e. The van der Waals surface area contributed by atoms with Crippen molar-refractivity contribution in [3.05, 3.63) is 18.5 Å². The molecule has 1 N–H and O–H groups in total. The maximum atomic E-state index is 4.25. The average molecular weight is 232 g/mol. The van der Waals surface area contributed by atoms with Gasteiger partial charge in [0.1, 0.15) is 0 Å². The number of hydrogen-bond acceptors (Lipinski definition) is 4. The van der Waals surface area contributed by atoms with Crippen LogP contribution in [0.5, 0.6) is 0 Å². The normalized spacial score (nSPS) is 33.4. The van der Waals surface area contributed by atoms with Crippen molar-refractivity contribution in [1.29, 1.82) is 0 Å². The van der Waals surface area contributed by atoms with Crippen LogP contribution < -0.4 is 5.32 Å². The molecule has 2 aliphatic rings. The van der Waals surface area contributed by atoms with Crippen molar-refractivity contribution in [1.82, 2.24) is 14.9 Å². The van der Waals surface area contributed by atoms with Crippen LogP contribution in [0.1, 0.15) is 32.1 Å². The van der Waals surface area contributed by atoms with E-state index in [-0.39, 0.29) is 0 Å². The summed E-state index contributed by atoms with van der Waals surface area (Å²) in [6, 6.07) is 3.91. The molecule has 2 aliphatic heterocycles. The van der Waals surface area contributed by atoms with E-state index in [4.69, 9.17) is 0 Å². The Morgan fingerprint density at radius 3 is 2.47 bits per heavy atom. The van der Waals surface area contributed by atoms with Gasteiger partial charge in [0, 0.05) is 30.5 Å². The summed E-state index contributed by atoms with van der Waals surface area (Å²) in [6.07, 6.45) is 10.1. The summed E-state index contributed by atoms with van der Waals surface area (Å²) in [5.41, 5.74) is 0. The lowest BCUT2D eigenvalue weighted by atomic mass is 9.82. The first-order chi connectivity index (χ1) is 8.33. The summed E-state index contributed by atoms with van der Waals surface area (Å²) in [5.74, 6) is 0.778. The third-order valence-electron chi connectivity index (χ3n) is 4.24. The van der Waals surface area contributed by atoms with E-state index in [1.54, 1.807) is 12.4 Å². The molecule has 0 aromatic carbocycles. The second kappa shape index (κ2) is 4.61. The van der Waals surface area contributed by atoms with E-state index in [2.05, 4.69) is 27.2 Å². The largest absolute Gasteiger partial charge is 0.351 e. The van der Waals surface area contributed by atoms with Crippen LogP contribution in [-0.4, -0.2) is 40.0 Å². The molecule has 92 valence electrons. The van der Waals surface area contributed by atoms with Gasteiger partial charge in [-0.15, -0.1) is 0 Å². The van der Waals surface area contributed by atoms with Crippen LogP contribution in [-0.2, 0) is 0 Å². The van der Waals surface area contributed by atoms with Crippen molar-refractivity contribution in [2.24, 2.45) is 0 Å². The fourth-order valence-corrected chi connectivity index (χ4v) is 3.29. The van der Waals surface area contributed by atoms with Gasteiger partial charge in [0.2, 0.25) is 5.95 Å². The van der Waals surface area contributed by atoms with Gasteiger partial charge < -0.3 is 10.2 Å². The number of nitrogens with zero attached hydrogens (tertiary/aromatic N) is 3. The first-order valence-electron chi connectivity index (χ1n) is 6.58. The van der Waals surface area contributed by atoms with Gasteiger partial charge in [-0.25, -0.2) is 9.97 Å². The third-order valence-corrected chi connectivity index (χ3v) is 4.24. The lowest BCUT2D eigenvalue weighted by molar-refractivity contribution is 0.0607. The Bertz CT molecular complexity index is 353. The Hall–Kier alpha value is -1.16.